The summed E-state index contributed by atoms with van der Waals surface area (Å²) in [6, 6.07) is 7.60. The average Bonchev–Trinajstić information content (AvgIpc) is 3.31. The van der Waals surface area contributed by atoms with Gasteiger partial charge >= 0.3 is 0 Å². The van der Waals surface area contributed by atoms with Crippen LogP contribution in [0.5, 0.6) is 5.75 Å². The minimum Gasteiger partial charge on any atom is -0.495 e. The number of aryl methyl sites for hydroxylation is 1. The molecule has 1 amide bonds. The molecule has 2 bridgehead atoms. The van der Waals surface area contributed by atoms with Crippen molar-refractivity contribution in [2.45, 2.75) is 97.2 Å². The summed E-state index contributed by atoms with van der Waals surface area (Å²) in [6.07, 6.45) is 14.3. The van der Waals surface area contributed by atoms with E-state index in [2.05, 4.69) is 35.6 Å². The van der Waals surface area contributed by atoms with E-state index in [0.717, 1.165) is 59.7 Å². The molecule has 5 nitrogen and oxygen atoms in total. The number of nitrogens with zero attached hydrogens (tertiary/aromatic N) is 2. The van der Waals surface area contributed by atoms with Gasteiger partial charge in [-0.25, -0.2) is 0 Å². The third-order valence-electron chi connectivity index (χ3n) is 8.01. The fourth-order valence-electron chi connectivity index (χ4n) is 6.33. The van der Waals surface area contributed by atoms with Crippen molar-refractivity contribution in [2.75, 3.05) is 20.2 Å². The third-order valence-corrected chi connectivity index (χ3v) is 8.01. The van der Waals surface area contributed by atoms with Crippen LogP contribution in [0.3, 0.4) is 0 Å². The topological polar surface area (TPSA) is 46.5 Å². The summed E-state index contributed by atoms with van der Waals surface area (Å²) in [6.45, 7) is 9.29. The van der Waals surface area contributed by atoms with Crippen molar-refractivity contribution < 1.29 is 9.53 Å². The van der Waals surface area contributed by atoms with Gasteiger partial charge in [-0.05, 0) is 50.0 Å². The molecule has 0 aliphatic carbocycles. The number of hydrogen-bond acceptors (Lipinski definition) is 3. The maximum absolute atomic E-state index is 12.9. The van der Waals surface area contributed by atoms with Gasteiger partial charge in [-0.3, -0.25) is 9.69 Å². The molecule has 2 fully saturated rings. The van der Waals surface area contributed by atoms with E-state index in [-0.39, 0.29) is 5.91 Å². The molecule has 0 spiro atoms. The minimum absolute atomic E-state index is 0.00823. The zero-order valence-electron chi connectivity index (χ0n) is 21.8. The first-order valence-corrected chi connectivity index (χ1v) is 13.7. The zero-order valence-corrected chi connectivity index (χ0v) is 21.8. The average molecular weight is 468 g/mol. The van der Waals surface area contributed by atoms with Gasteiger partial charge in [0, 0.05) is 43.3 Å². The first-order chi connectivity index (χ1) is 16.5. The van der Waals surface area contributed by atoms with E-state index in [1.54, 1.807) is 7.11 Å². The first-order valence-electron chi connectivity index (χ1n) is 13.7. The SMILES string of the molecule is CCCCCC1CC2CCC(C1)N2CCCn1cc(C(=O)NCC(C)C)c2cccc(OC)c21. The molecular formula is C29H45N3O2. The molecule has 0 radical (unpaired) electrons. The van der Waals surface area contributed by atoms with E-state index in [9.17, 15) is 4.79 Å². The van der Waals surface area contributed by atoms with E-state index in [1.807, 2.05) is 24.4 Å². The highest BCUT2D eigenvalue weighted by Crippen LogP contribution is 2.40. The number of carbonyl (C=O) groups excluding carboxylic acids is 1. The zero-order chi connectivity index (χ0) is 24.1. The molecule has 4 rings (SSSR count). The number of methoxy groups -OCH3 is 1. The van der Waals surface area contributed by atoms with Crippen LogP contribution in [0.25, 0.3) is 10.9 Å². The van der Waals surface area contributed by atoms with Gasteiger partial charge in [-0.1, -0.05) is 58.6 Å². The van der Waals surface area contributed by atoms with Crippen LogP contribution in [0, 0.1) is 11.8 Å². The van der Waals surface area contributed by atoms with Crippen molar-refractivity contribution in [3.05, 3.63) is 30.0 Å². The molecule has 0 saturated carbocycles. The molecule has 1 aromatic carbocycles. The minimum atomic E-state index is 0.00823. The highest BCUT2D eigenvalue weighted by molar-refractivity contribution is 6.08. The molecule has 2 aromatic rings. The second-order valence-electron chi connectivity index (χ2n) is 11.0. The van der Waals surface area contributed by atoms with Gasteiger partial charge in [0.25, 0.3) is 5.91 Å². The van der Waals surface area contributed by atoms with E-state index in [0.29, 0.717) is 12.5 Å². The third kappa shape index (κ3) is 5.62. The number of ether oxygens (including phenoxy) is 1. The summed E-state index contributed by atoms with van der Waals surface area (Å²) >= 11 is 0. The van der Waals surface area contributed by atoms with E-state index >= 15 is 0 Å². The van der Waals surface area contributed by atoms with Gasteiger partial charge in [0.1, 0.15) is 5.75 Å². The number of fused-ring (bicyclic) bond motifs is 3. The number of para-hydroxylation sites is 1. The summed E-state index contributed by atoms with van der Waals surface area (Å²) in [4.78, 5) is 15.8. The largest absolute Gasteiger partial charge is 0.495 e. The number of amides is 1. The van der Waals surface area contributed by atoms with Crippen molar-refractivity contribution in [1.29, 1.82) is 0 Å². The molecule has 34 heavy (non-hydrogen) atoms. The second kappa shape index (κ2) is 11.6. The maximum atomic E-state index is 12.9. The van der Waals surface area contributed by atoms with Crippen molar-refractivity contribution in [1.82, 2.24) is 14.8 Å². The first kappa shape index (κ1) is 25.1. The fourth-order valence-corrected chi connectivity index (χ4v) is 6.33. The Morgan fingerprint density at radius 1 is 1.12 bits per heavy atom. The summed E-state index contributed by atoms with van der Waals surface area (Å²) in [5.74, 6) is 2.23. The summed E-state index contributed by atoms with van der Waals surface area (Å²) in [5.41, 5.74) is 1.79. The Labute approximate surface area is 206 Å². The molecule has 3 heterocycles. The number of benzene rings is 1. The van der Waals surface area contributed by atoms with Crippen LogP contribution in [-0.4, -0.2) is 47.7 Å². The lowest BCUT2D eigenvalue weighted by Gasteiger charge is -2.39. The number of rotatable bonds is 12. The molecule has 188 valence electrons. The molecule has 2 aliphatic heterocycles. The number of aromatic nitrogens is 1. The van der Waals surface area contributed by atoms with Crippen molar-refractivity contribution in [3.63, 3.8) is 0 Å². The Hall–Kier alpha value is -2.01. The lowest BCUT2D eigenvalue weighted by molar-refractivity contribution is 0.0950. The number of unbranched alkanes of at least 4 members (excludes halogenated alkanes) is 2. The molecular weight excluding hydrogens is 422 g/mol. The molecule has 1 N–H and O–H groups in total. The summed E-state index contributed by atoms with van der Waals surface area (Å²) < 4.78 is 7.94. The van der Waals surface area contributed by atoms with Crippen LogP contribution in [-0.2, 0) is 6.54 Å². The fraction of sp³-hybridized carbons (Fsp3) is 0.690. The highest BCUT2D eigenvalue weighted by Gasteiger charge is 2.39. The van der Waals surface area contributed by atoms with Gasteiger partial charge < -0.3 is 14.6 Å². The normalized spacial score (nSPS) is 22.6. The van der Waals surface area contributed by atoms with Gasteiger partial charge in [-0.2, -0.15) is 0 Å². The van der Waals surface area contributed by atoms with Gasteiger partial charge in [0.05, 0.1) is 18.2 Å². The lowest BCUT2D eigenvalue weighted by Crippen LogP contribution is -2.43. The molecule has 2 saturated heterocycles. The molecule has 2 atom stereocenters. The van der Waals surface area contributed by atoms with Crippen molar-refractivity contribution in [3.8, 4) is 5.75 Å². The monoisotopic (exact) mass is 467 g/mol. The number of piperidine rings is 1. The number of carbonyl (C=O) groups is 1. The van der Waals surface area contributed by atoms with E-state index in [4.69, 9.17) is 4.74 Å². The predicted molar refractivity (Wildman–Crippen MR) is 141 cm³/mol. The van der Waals surface area contributed by atoms with Crippen LogP contribution < -0.4 is 10.1 Å². The maximum Gasteiger partial charge on any atom is 0.253 e. The van der Waals surface area contributed by atoms with Gasteiger partial charge in [-0.15, -0.1) is 0 Å². The summed E-state index contributed by atoms with van der Waals surface area (Å²) in [5, 5.41) is 4.07. The van der Waals surface area contributed by atoms with Crippen LogP contribution in [0.2, 0.25) is 0 Å². The second-order valence-corrected chi connectivity index (χ2v) is 11.0. The Morgan fingerprint density at radius 3 is 2.56 bits per heavy atom. The quantitative estimate of drug-likeness (QED) is 0.375. The Morgan fingerprint density at radius 2 is 1.88 bits per heavy atom. The molecule has 5 heteroatoms. The number of nitrogens with one attached hydrogen (secondary N) is 1. The number of hydrogen-bond donors (Lipinski definition) is 1. The Balaban J connectivity index is 1.41. The predicted octanol–water partition coefficient (Wildman–Crippen LogP) is 6.25. The van der Waals surface area contributed by atoms with Crippen LogP contribution >= 0.6 is 0 Å². The van der Waals surface area contributed by atoms with E-state index in [1.165, 1.54) is 51.4 Å². The Kier molecular flexibility index (Phi) is 8.57. The highest BCUT2D eigenvalue weighted by atomic mass is 16.5. The van der Waals surface area contributed by atoms with Crippen LogP contribution in [0.15, 0.2) is 24.4 Å². The molecule has 2 unspecified atom stereocenters. The Bertz CT molecular complexity index is 936. The van der Waals surface area contributed by atoms with Crippen molar-refractivity contribution >= 4 is 16.8 Å². The van der Waals surface area contributed by atoms with Gasteiger partial charge in [0.2, 0.25) is 0 Å². The smallest absolute Gasteiger partial charge is 0.253 e. The van der Waals surface area contributed by atoms with Gasteiger partial charge in [0.15, 0.2) is 0 Å². The van der Waals surface area contributed by atoms with E-state index < -0.39 is 0 Å². The summed E-state index contributed by atoms with van der Waals surface area (Å²) in [7, 11) is 1.72. The van der Waals surface area contributed by atoms with Crippen molar-refractivity contribution in [2.24, 2.45) is 11.8 Å². The van der Waals surface area contributed by atoms with Crippen LogP contribution in [0.4, 0.5) is 0 Å². The standard InChI is InChI=1S/C29H45N3O2/c1-5-6-7-10-22-17-23-13-14-24(18-22)32(23)16-9-15-31-20-26(29(33)30-19-21(2)3)25-11-8-12-27(34-4)28(25)31/h8,11-12,20-24H,5-7,9-10,13-19H2,1-4H3,(H,30,33). The lowest BCUT2D eigenvalue weighted by atomic mass is 9.86. The molecule has 1 aromatic heterocycles. The van der Waals surface area contributed by atoms with Crippen LogP contribution in [0.1, 0.15) is 88.9 Å². The molecule has 2 aliphatic rings.